The van der Waals surface area contributed by atoms with Gasteiger partial charge in [-0.25, -0.2) is 4.79 Å². The molecule has 2 rings (SSSR count). The van der Waals surface area contributed by atoms with E-state index in [9.17, 15) is 9.59 Å². The van der Waals surface area contributed by atoms with Crippen LogP contribution in [0.1, 0.15) is 26.5 Å². The normalized spacial score (nSPS) is 18.4. The number of aromatic nitrogens is 2. The van der Waals surface area contributed by atoms with E-state index in [-0.39, 0.29) is 17.8 Å². The number of rotatable bonds is 2. The topological polar surface area (TPSA) is 76.5 Å². The Morgan fingerprint density at radius 1 is 1.45 bits per heavy atom. The fourth-order valence-electron chi connectivity index (χ4n) is 2.27. The molecule has 0 saturated heterocycles. The molecule has 2 amide bonds. The number of carbonyl (C=O) groups excluding carboxylic acids is 2. The largest absolute Gasteiger partial charge is 0.444 e. The quantitative estimate of drug-likeness (QED) is 0.832. The first-order valence-electron chi connectivity index (χ1n) is 7.12. The molecule has 22 heavy (non-hydrogen) atoms. The molecule has 0 radical (unpaired) electrons. The fraction of sp³-hybridized carbons (Fsp3) is 0.643. The summed E-state index contributed by atoms with van der Waals surface area (Å²) >= 11 is 5.54. The average molecular weight is 329 g/mol. The van der Waals surface area contributed by atoms with Crippen LogP contribution >= 0.6 is 11.6 Å². The Balaban J connectivity index is 2.16. The molecule has 1 aliphatic heterocycles. The Kier molecular flexibility index (Phi) is 4.95. The van der Waals surface area contributed by atoms with E-state index in [1.54, 1.807) is 15.8 Å². The van der Waals surface area contributed by atoms with E-state index in [4.69, 9.17) is 16.3 Å². The van der Waals surface area contributed by atoms with Gasteiger partial charge in [-0.15, -0.1) is 11.6 Å². The molecule has 0 fully saturated rings. The molecule has 0 aromatic carbocycles. The van der Waals surface area contributed by atoms with Gasteiger partial charge in [-0.3, -0.25) is 9.48 Å². The Morgan fingerprint density at radius 2 is 2.18 bits per heavy atom. The molecule has 0 aliphatic carbocycles. The molecule has 8 heteroatoms. The highest BCUT2D eigenvalue weighted by atomic mass is 35.5. The van der Waals surface area contributed by atoms with Crippen LogP contribution < -0.4 is 5.32 Å². The number of amides is 2. The molecule has 2 heterocycles. The van der Waals surface area contributed by atoms with Gasteiger partial charge in [-0.1, -0.05) is 0 Å². The summed E-state index contributed by atoms with van der Waals surface area (Å²) in [6.45, 7) is 6.69. The SMILES string of the molecule is CC(C)(C)OC(=O)N1Cc2ccnn2CC(NC(=O)CCl)C1. The summed E-state index contributed by atoms with van der Waals surface area (Å²) in [4.78, 5) is 25.4. The third-order valence-electron chi connectivity index (χ3n) is 3.13. The summed E-state index contributed by atoms with van der Waals surface area (Å²) in [6.07, 6.45) is 1.27. The Labute approximate surface area is 134 Å². The Hall–Kier alpha value is -1.76. The molecule has 0 bridgehead atoms. The first-order chi connectivity index (χ1) is 10.3. The van der Waals surface area contributed by atoms with Gasteiger partial charge in [-0.05, 0) is 26.8 Å². The number of carbonyl (C=O) groups is 2. The Bertz CT molecular complexity index is 553. The maximum atomic E-state index is 12.3. The zero-order valence-electron chi connectivity index (χ0n) is 13.0. The van der Waals surface area contributed by atoms with Gasteiger partial charge in [0.1, 0.15) is 11.5 Å². The van der Waals surface area contributed by atoms with Gasteiger partial charge in [0.05, 0.1) is 24.8 Å². The number of ether oxygens (including phenoxy) is 1. The van der Waals surface area contributed by atoms with Crippen molar-refractivity contribution in [1.82, 2.24) is 20.0 Å². The van der Waals surface area contributed by atoms with Crippen molar-refractivity contribution in [3.05, 3.63) is 18.0 Å². The van der Waals surface area contributed by atoms with Gasteiger partial charge in [-0.2, -0.15) is 5.10 Å². The van der Waals surface area contributed by atoms with Gasteiger partial charge in [0.25, 0.3) is 0 Å². The number of alkyl halides is 1. The molecule has 1 unspecified atom stereocenters. The minimum Gasteiger partial charge on any atom is -0.444 e. The van der Waals surface area contributed by atoms with Crippen molar-refractivity contribution in [2.24, 2.45) is 0 Å². The lowest BCUT2D eigenvalue weighted by atomic mass is 10.2. The lowest BCUT2D eigenvalue weighted by Gasteiger charge is -2.28. The third-order valence-corrected chi connectivity index (χ3v) is 3.37. The van der Waals surface area contributed by atoms with Crippen LogP contribution in [0.15, 0.2) is 12.3 Å². The number of hydrogen-bond donors (Lipinski definition) is 1. The standard InChI is InChI=1S/C14H21ClN4O3/c1-14(2,3)22-13(21)18-7-10(17-12(20)6-15)8-19-11(9-18)4-5-16-19/h4-5,10H,6-9H2,1-3H3,(H,17,20). The first-order valence-corrected chi connectivity index (χ1v) is 7.66. The van der Waals surface area contributed by atoms with Crippen molar-refractivity contribution < 1.29 is 14.3 Å². The zero-order valence-corrected chi connectivity index (χ0v) is 13.8. The number of hydrogen-bond acceptors (Lipinski definition) is 4. The molecular weight excluding hydrogens is 308 g/mol. The van der Waals surface area contributed by atoms with E-state index >= 15 is 0 Å². The van der Waals surface area contributed by atoms with Gasteiger partial charge in [0.2, 0.25) is 5.91 Å². The minimum atomic E-state index is -0.571. The van der Waals surface area contributed by atoms with Gasteiger partial charge in [0, 0.05) is 12.7 Å². The average Bonchev–Trinajstić information content (AvgIpc) is 2.75. The second-order valence-electron chi connectivity index (χ2n) is 6.26. The highest BCUT2D eigenvalue weighted by Gasteiger charge is 2.29. The number of nitrogens with one attached hydrogen (secondary N) is 1. The van der Waals surface area contributed by atoms with E-state index in [1.165, 1.54) is 0 Å². The summed E-state index contributed by atoms with van der Waals surface area (Å²) in [5, 5.41) is 7.03. The van der Waals surface area contributed by atoms with E-state index < -0.39 is 11.7 Å². The van der Waals surface area contributed by atoms with Crippen molar-refractivity contribution in [3.63, 3.8) is 0 Å². The summed E-state index contributed by atoms with van der Waals surface area (Å²) < 4.78 is 7.20. The molecule has 1 aromatic heterocycles. The number of nitrogens with zero attached hydrogens (tertiary/aromatic N) is 3. The van der Waals surface area contributed by atoms with E-state index in [2.05, 4.69) is 10.4 Å². The van der Waals surface area contributed by atoms with Crippen LogP contribution in [0.5, 0.6) is 0 Å². The smallest absolute Gasteiger partial charge is 0.410 e. The predicted molar refractivity (Wildman–Crippen MR) is 81.5 cm³/mol. The van der Waals surface area contributed by atoms with Crippen molar-refractivity contribution in [2.45, 2.75) is 45.5 Å². The van der Waals surface area contributed by atoms with Gasteiger partial charge in [0.15, 0.2) is 0 Å². The minimum absolute atomic E-state index is 0.116. The van der Waals surface area contributed by atoms with Crippen molar-refractivity contribution in [3.8, 4) is 0 Å². The number of fused-ring (bicyclic) bond motifs is 1. The highest BCUT2D eigenvalue weighted by molar-refractivity contribution is 6.27. The summed E-state index contributed by atoms with van der Waals surface area (Å²) in [5.74, 6) is -0.388. The molecule has 122 valence electrons. The van der Waals surface area contributed by atoms with E-state index in [0.717, 1.165) is 5.69 Å². The first kappa shape index (κ1) is 16.6. The zero-order chi connectivity index (χ0) is 16.3. The van der Waals surface area contributed by atoms with Crippen LogP contribution in [-0.2, 0) is 22.6 Å². The molecule has 0 saturated carbocycles. The van der Waals surface area contributed by atoms with Crippen molar-refractivity contribution in [2.75, 3.05) is 12.4 Å². The lowest BCUT2D eigenvalue weighted by molar-refractivity contribution is -0.119. The maximum absolute atomic E-state index is 12.3. The van der Waals surface area contributed by atoms with E-state index in [0.29, 0.717) is 19.6 Å². The van der Waals surface area contributed by atoms with Gasteiger partial charge >= 0.3 is 6.09 Å². The summed E-state index contributed by atoms with van der Waals surface area (Å²) in [5.41, 5.74) is 0.326. The fourth-order valence-corrected chi connectivity index (χ4v) is 2.35. The maximum Gasteiger partial charge on any atom is 0.410 e. The van der Waals surface area contributed by atoms with E-state index in [1.807, 2.05) is 26.8 Å². The predicted octanol–water partition coefficient (Wildman–Crippen LogP) is 1.36. The molecule has 1 aliphatic rings. The molecular formula is C14H21ClN4O3. The van der Waals surface area contributed by atoms with Crippen LogP contribution in [0.25, 0.3) is 0 Å². The van der Waals surface area contributed by atoms with Crippen LogP contribution in [-0.4, -0.2) is 50.7 Å². The molecule has 0 spiro atoms. The Morgan fingerprint density at radius 3 is 2.82 bits per heavy atom. The van der Waals surface area contributed by atoms with Crippen molar-refractivity contribution >= 4 is 23.6 Å². The summed E-state index contributed by atoms with van der Waals surface area (Å²) in [7, 11) is 0. The number of halogens is 1. The second-order valence-corrected chi connectivity index (χ2v) is 6.53. The van der Waals surface area contributed by atoms with Crippen LogP contribution in [0.2, 0.25) is 0 Å². The van der Waals surface area contributed by atoms with Gasteiger partial charge < -0.3 is 15.0 Å². The molecule has 1 atom stereocenters. The molecule has 7 nitrogen and oxygen atoms in total. The van der Waals surface area contributed by atoms with Crippen LogP contribution in [0, 0.1) is 0 Å². The van der Waals surface area contributed by atoms with Crippen LogP contribution in [0.4, 0.5) is 4.79 Å². The van der Waals surface area contributed by atoms with Crippen molar-refractivity contribution in [1.29, 1.82) is 0 Å². The highest BCUT2D eigenvalue weighted by Crippen LogP contribution is 2.16. The van der Waals surface area contributed by atoms with Crippen LogP contribution in [0.3, 0.4) is 0 Å². The lowest BCUT2D eigenvalue weighted by Crippen LogP contribution is -2.47. The monoisotopic (exact) mass is 328 g/mol. The molecule has 1 aromatic rings. The second kappa shape index (κ2) is 6.56. The molecule has 1 N–H and O–H groups in total. The summed E-state index contributed by atoms with van der Waals surface area (Å²) in [6, 6.07) is 1.59. The third kappa shape index (κ3) is 4.37.